The number of carbonyl (C=O) groups is 2. The van der Waals surface area contributed by atoms with Gasteiger partial charge in [0.2, 0.25) is 11.8 Å². The number of benzene rings is 2. The molecule has 0 aliphatic rings. The standard InChI is InChI=1S/C30H35N5O3/c1-2-3-17-35-24(20-28(34-35)23-12-15-27-22(19-23)7-6-16-32-27)8-4-5-9-29(37)33-30(38)26(31)18-21-10-13-25(36)14-11-21/h6-7,10-16,19-20,26,36H,2-5,8-9,17-18,31H2,1H3,(H,33,37,38)/t26-/m0/s1. The number of nitrogens with one attached hydrogen (secondary N) is 1. The monoisotopic (exact) mass is 513 g/mol. The van der Waals surface area contributed by atoms with Crippen LogP contribution in [-0.4, -0.2) is 37.7 Å². The van der Waals surface area contributed by atoms with Crippen molar-refractivity contribution >= 4 is 22.7 Å². The molecule has 0 fully saturated rings. The van der Waals surface area contributed by atoms with Crippen LogP contribution in [0.2, 0.25) is 0 Å². The summed E-state index contributed by atoms with van der Waals surface area (Å²) in [7, 11) is 0. The van der Waals surface area contributed by atoms with Gasteiger partial charge in [-0.15, -0.1) is 0 Å². The van der Waals surface area contributed by atoms with E-state index in [1.807, 2.05) is 12.1 Å². The van der Waals surface area contributed by atoms with Crippen molar-refractivity contribution < 1.29 is 14.7 Å². The number of amides is 2. The summed E-state index contributed by atoms with van der Waals surface area (Å²) < 4.78 is 2.08. The summed E-state index contributed by atoms with van der Waals surface area (Å²) in [4.78, 5) is 29.0. The molecule has 0 saturated carbocycles. The van der Waals surface area contributed by atoms with Gasteiger partial charge in [-0.3, -0.25) is 24.6 Å². The number of aryl methyl sites for hydroxylation is 2. The van der Waals surface area contributed by atoms with Gasteiger partial charge in [0, 0.05) is 35.8 Å². The van der Waals surface area contributed by atoms with Crippen LogP contribution in [0.4, 0.5) is 0 Å². The highest BCUT2D eigenvalue weighted by atomic mass is 16.3. The fraction of sp³-hybridized carbons (Fsp3) is 0.333. The number of fused-ring (bicyclic) bond motifs is 1. The van der Waals surface area contributed by atoms with Crippen LogP contribution in [0, 0.1) is 0 Å². The highest BCUT2D eigenvalue weighted by molar-refractivity contribution is 5.97. The molecule has 8 heteroatoms. The van der Waals surface area contributed by atoms with Crippen LogP contribution in [0.3, 0.4) is 0 Å². The quantitative estimate of drug-likeness (QED) is 0.239. The van der Waals surface area contributed by atoms with Crippen LogP contribution in [0.25, 0.3) is 22.2 Å². The number of aromatic hydroxyl groups is 1. The molecular formula is C30H35N5O3. The number of imide groups is 1. The second kappa shape index (κ2) is 13.0. The number of phenolic OH excluding ortho intramolecular Hbond substituents is 1. The van der Waals surface area contributed by atoms with Gasteiger partial charge in [0.05, 0.1) is 17.3 Å². The summed E-state index contributed by atoms with van der Waals surface area (Å²) >= 11 is 0. The Bertz CT molecular complexity index is 1380. The molecule has 0 saturated heterocycles. The SMILES string of the molecule is CCCCn1nc(-c2ccc3ncccc3c2)cc1CCCCC(=O)NC(=O)[C@@H](N)Cc1ccc(O)cc1. The molecule has 0 radical (unpaired) electrons. The molecule has 198 valence electrons. The molecule has 0 bridgehead atoms. The fourth-order valence-electron chi connectivity index (χ4n) is 4.40. The van der Waals surface area contributed by atoms with Crippen molar-refractivity contribution in [3.8, 4) is 17.0 Å². The molecule has 0 aliphatic heterocycles. The van der Waals surface area contributed by atoms with Crippen LogP contribution in [-0.2, 0) is 29.0 Å². The maximum Gasteiger partial charge on any atom is 0.243 e. The first kappa shape index (κ1) is 27.0. The minimum absolute atomic E-state index is 0.151. The molecule has 2 aromatic carbocycles. The van der Waals surface area contributed by atoms with E-state index in [-0.39, 0.29) is 24.5 Å². The van der Waals surface area contributed by atoms with E-state index in [9.17, 15) is 14.7 Å². The molecule has 2 aromatic heterocycles. The highest BCUT2D eigenvalue weighted by Crippen LogP contribution is 2.24. The van der Waals surface area contributed by atoms with E-state index < -0.39 is 11.9 Å². The first-order chi connectivity index (χ1) is 18.4. The van der Waals surface area contributed by atoms with Gasteiger partial charge in [0.25, 0.3) is 0 Å². The van der Waals surface area contributed by atoms with E-state index in [1.54, 1.807) is 30.5 Å². The van der Waals surface area contributed by atoms with Crippen LogP contribution in [0.5, 0.6) is 5.75 Å². The maximum absolute atomic E-state index is 12.3. The summed E-state index contributed by atoms with van der Waals surface area (Å²) in [6.07, 6.45) is 6.73. The van der Waals surface area contributed by atoms with E-state index in [2.05, 4.69) is 46.2 Å². The van der Waals surface area contributed by atoms with Gasteiger partial charge in [-0.25, -0.2) is 0 Å². The van der Waals surface area contributed by atoms with Gasteiger partial charge in [-0.1, -0.05) is 37.6 Å². The number of hydrogen-bond acceptors (Lipinski definition) is 6. The van der Waals surface area contributed by atoms with Crippen LogP contribution < -0.4 is 11.1 Å². The summed E-state index contributed by atoms with van der Waals surface area (Å²) in [6, 6.07) is 18.0. The third-order valence-corrected chi connectivity index (χ3v) is 6.56. The Balaban J connectivity index is 1.29. The Hall–Kier alpha value is -4.04. The molecule has 4 N–H and O–H groups in total. The van der Waals surface area contributed by atoms with E-state index in [0.717, 1.165) is 65.6 Å². The fourth-order valence-corrected chi connectivity index (χ4v) is 4.40. The van der Waals surface area contributed by atoms with Crippen molar-refractivity contribution in [3.05, 3.63) is 78.1 Å². The van der Waals surface area contributed by atoms with E-state index >= 15 is 0 Å². The topological polar surface area (TPSA) is 123 Å². The predicted octanol–water partition coefficient (Wildman–Crippen LogP) is 4.53. The average Bonchev–Trinajstić information content (AvgIpc) is 3.33. The molecule has 4 aromatic rings. The molecule has 8 nitrogen and oxygen atoms in total. The molecule has 4 rings (SSSR count). The lowest BCUT2D eigenvalue weighted by molar-refractivity contribution is -0.131. The molecule has 2 amide bonds. The summed E-state index contributed by atoms with van der Waals surface area (Å²) in [5.74, 6) is -0.658. The van der Waals surface area contributed by atoms with Gasteiger partial charge in [-0.2, -0.15) is 5.10 Å². The predicted molar refractivity (Wildman–Crippen MR) is 148 cm³/mol. The molecule has 2 heterocycles. The number of unbranched alkanes of at least 4 members (excludes halogenated alkanes) is 2. The highest BCUT2D eigenvalue weighted by Gasteiger charge is 2.17. The second-order valence-corrected chi connectivity index (χ2v) is 9.61. The van der Waals surface area contributed by atoms with Crippen LogP contribution in [0.1, 0.15) is 50.3 Å². The molecule has 1 atom stereocenters. The third kappa shape index (κ3) is 7.26. The molecule has 0 aliphatic carbocycles. The zero-order valence-corrected chi connectivity index (χ0v) is 21.8. The molecule has 0 unspecified atom stereocenters. The summed E-state index contributed by atoms with van der Waals surface area (Å²) in [6.45, 7) is 3.02. The van der Waals surface area contributed by atoms with Crippen molar-refractivity contribution in [2.45, 2.75) is 64.5 Å². The van der Waals surface area contributed by atoms with Gasteiger partial charge < -0.3 is 10.8 Å². The van der Waals surface area contributed by atoms with Crippen molar-refractivity contribution in [3.63, 3.8) is 0 Å². The summed E-state index contributed by atoms with van der Waals surface area (Å²) in [5, 5.41) is 17.8. The normalized spacial score (nSPS) is 11.9. The van der Waals surface area contributed by atoms with E-state index in [4.69, 9.17) is 10.8 Å². The largest absolute Gasteiger partial charge is 0.508 e. The Morgan fingerprint density at radius 1 is 1.05 bits per heavy atom. The maximum atomic E-state index is 12.3. The average molecular weight is 514 g/mol. The Labute approximate surface area is 222 Å². The third-order valence-electron chi connectivity index (χ3n) is 6.56. The Morgan fingerprint density at radius 3 is 2.66 bits per heavy atom. The summed E-state index contributed by atoms with van der Waals surface area (Å²) in [5.41, 5.74) is 10.9. The van der Waals surface area contributed by atoms with Crippen LogP contribution >= 0.6 is 0 Å². The number of aromatic nitrogens is 3. The van der Waals surface area contributed by atoms with E-state index in [0.29, 0.717) is 6.42 Å². The Morgan fingerprint density at radius 2 is 1.87 bits per heavy atom. The lowest BCUT2D eigenvalue weighted by Gasteiger charge is -2.12. The van der Waals surface area contributed by atoms with E-state index in [1.165, 1.54) is 0 Å². The number of pyridine rings is 1. The minimum Gasteiger partial charge on any atom is -0.508 e. The lowest BCUT2D eigenvalue weighted by Crippen LogP contribution is -2.44. The van der Waals surface area contributed by atoms with Crippen molar-refractivity contribution in [2.75, 3.05) is 0 Å². The number of rotatable bonds is 12. The van der Waals surface area contributed by atoms with Gasteiger partial charge in [-0.05, 0) is 74.1 Å². The second-order valence-electron chi connectivity index (χ2n) is 9.61. The number of nitrogens with zero attached hydrogens (tertiary/aromatic N) is 3. The zero-order chi connectivity index (χ0) is 26.9. The molecular weight excluding hydrogens is 478 g/mol. The number of carbonyl (C=O) groups excluding carboxylic acids is 2. The van der Waals surface area contributed by atoms with Crippen molar-refractivity contribution in [1.29, 1.82) is 0 Å². The van der Waals surface area contributed by atoms with Crippen molar-refractivity contribution in [1.82, 2.24) is 20.1 Å². The Kier molecular flexibility index (Phi) is 9.21. The molecule has 38 heavy (non-hydrogen) atoms. The lowest BCUT2D eigenvalue weighted by atomic mass is 10.1. The molecule has 0 spiro atoms. The minimum atomic E-state index is -0.833. The number of hydrogen-bond donors (Lipinski definition) is 3. The first-order valence-electron chi connectivity index (χ1n) is 13.2. The van der Waals surface area contributed by atoms with Crippen molar-refractivity contribution in [2.24, 2.45) is 5.73 Å². The first-order valence-corrected chi connectivity index (χ1v) is 13.2. The number of nitrogens with two attached hydrogens (primary N) is 1. The van der Waals surface area contributed by atoms with Gasteiger partial charge in [0.15, 0.2) is 0 Å². The smallest absolute Gasteiger partial charge is 0.243 e. The van der Waals surface area contributed by atoms with Crippen LogP contribution in [0.15, 0.2) is 66.9 Å². The van der Waals surface area contributed by atoms with Gasteiger partial charge >= 0.3 is 0 Å². The van der Waals surface area contributed by atoms with Gasteiger partial charge in [0.1, 0.15) is 5.75 Å². The zero-order valence-electron chi connectivity index (χ0n) is 21.8. The number of phenols is 1.